The van der Waals surface area contributed by atoms with E-state index in [0.717, 1.165) is 11.6 Å². The van der Waals surface area contributed by atoms with Gasteiger partial charge >= 0.3 is 0 Å². The second-order valence-electron chi connectivity index (χ2n) is 4.05. The lowest BCUT2D eigenvalue weighted by Gasteiger charge is -2.09. The SMILES string of the molecule is CNC/C=C(/c1ccccc1)c1ccc(Cl)cc1.Cl. The molecule has 0 fully saturated rings. The van der Waals surface area contributed by atoms with Crippen LogP contribution in [0.1, 0.15) is 11.1 Å². The van der Waals surface area contributed by atoms with Gasteiger partial charge in [0.05, 0.1) is 0 Å². The quantitative estimate of drug-likeness (QED) is 0.880. The Labute approximate surface area is 125 Å². The number of nitrogens with one attached hydrogen (secondary N) is 1. The van der Waals surface area contributed by atoms with Crippen molar-refractivity contribution in [3.63, 3.8) is 0 Å². The zero-order chi connectivity index (χ0) is 12.8. The molecule has 0 amide bonds. The van der Waals surface area contributed by atoms with E-state index >= 15 is 0 Å². The smallest absolute Gasteiger partial charge is 0.0406 e. The Kier molecular flexibility index (Phi) is 6.65. The molecule has 0 aliphatic carbocycles. The van der Waals surface area contributed by atoms with Crippen molar-refractivity contribution in [2.45, 2.75) is 0 Å². The van der Waals surface area contributed by atoms with Crippen molar-refractivity contribution in [2.75, 3.05) is 13.6 Å². The fraction of sp³-hybridized carbons (Fsp3) is 0.125. The Morgan fingerprint density at radius 2 is 1.58 bits per heavy atom. The molecule has 0 radical (unpaired) electrons. The average Bonchev–Trinajstić information content (AvgIpc) is 2.42. The first kappa shape index (κ1) is 15.8. The fourth-order valence-corrected chi connectivity index (χ4v) is 1.98. The molecule has 0 aliphatic rings. The van der Waals surface area contributed by atoms with E-state index in [1.807, 2.05) is 25.2 Å². The van der Waals surface area contributed by atoms with Gasteiger partial charge in [-0.05, 0) is 35.9 Å². The maximum atomic E-state index is 5.93. The van der Waals surface area contributed by atoms with E-state index in [1.165, 1.54) is 16.7 Å². The summed E-state index contributed by atoms with van der Waals surface area (Å²) in [5.41, 5.74) is 3.62. The van der Waals surface area contributed by atoms with E-state index in [9.17, 15) is 0 Å². The highest BCUT2D eigenvalue weighted by atomic mass is 35.5. The van der Waals surface area contributed by atoms with Crippen molar-refractivity contribution >= 4 is 29.6 Å². The summed E-state index contributed by atoms with van der Waals surface area (Å²) in [4.78, 5) is 0. The predicted molar refractivity (Wildman–Crippen MR) is 86.1 cm³/mol. The van der Waals surface area contributed by atoms with Crippen LogP contribution in [-0.4, -0.2) is 13.6 Å². The maximum Gasteiger partial charge on any atom is 0.0406 e. The van der Waals surface area contributed by atoms with E-state index in [0.29, 0.717) is 0 Å². The normalized spacial score (nSPS) is 10.9. The molecule has 0 saturated heterocycles. The van der Waals surface area contributed by atoms with Crippen molar-refractivity contribution in [3.05, 3.63) is 76.8 Å². The molecule has 0 aliphatic heterocycles. The zero-order valence-electron chi connectivity index (χ0n) is 10.8. The van der Waals surface area contributed by atoms with Gasteiger partial charge in [0.1, 0.15) is 0 Å². The van der Waals surface area contributed by atoms with Crippen LogP contribution in [0.2, 0.25) is 5.02 Å². The molecule has 0 atom stereocenters. The number of benzene rings is 2. The van der Waals surface area contributed by atoms with Crippen LogP contribution in [0.5, 0.6) is 0 Å². The van der Waals surface area contributed by atoms with E-state index in [-0.39, 0.29) is 12.4 Å². The number of hydrogen-bond acceptors (Lipinski definition) is 1. The molecule has 0 heterocycles. The average molecular weight is 294 g/mol. The molecule has 2 aromatic rings. The van der Waals surface area contributed by atoms with Gasteiger partial charge in [-0.3, -0.25) is 0 Å². The van der Waals surface area contributed by atoms with Gasteiger partial charge in [-0.15, -0.1) is 12.4 Å². The molecule has 0 spiro atoms. The van der Waals surface area contributed by atoms with Gasteiger partial charge in [-0.1, -0.05) is 60.1 Å². The Morgan fingerprint density at radius 1 is 1.00 bits per heavy atom. The summed E-state index contributed by atoms with van der Waals surface area (Å²) in [7, 11) is 1.95. The van der Waals surface area contributed by atoms with E-state index < -0.39 is 0 Å². The minimum atomic E-state index is 0. The standard InChI is InChI=1S/C16H16ClN.ClH/c1-18-12-11-16(13-5-3-2-4-6-13)14-7-9-15(17)10-8-14;/h2-11,18H,12H2,1H3;1H/b16-11-;. The minimum Gasteiger partial charge on any atom is -0.316 e. The number of halogens is 2. The van der Waals surface area contributed by atoms with Gasteiger partial charge in [0.15, 0.2) is 0 Å². The van der Waals surface area contributed by atoms with Crippen LogP contribution in [0, 0.1) is 0 Å². The summed E-state index contributed by atoms with van der Waals surface area (Å²) in [6, 6.07) is 18.3. The molecule has 0 unspecified atom stereocenters. The Balaban J connectivity index is 0.00000180. The van der Waals surface area contributed by atoms with Gasteiger partial charge in [0.2, 0.25) is 0 Å². The van der Waals surface area contributed by atoms with Gasteiger partial charge in [0, 0.05) is 11.6 Å². The zero-order valence-corrected chi connectivity index (χ0v) is 12.3. The number of rotatable bonds is 4. The number of likely N-dealkylation sites (N-methyl/N-ethyl adjacent to an activating group) is 1. The van der Waals surface area contributed by atoms with Crippen LogP contribution in [0.4, 0.5) is 0 Å². The molecule has 0 bridgehead atoms. The maximum absolute atomic E-state index is 5.93. The highest BCUT2D eigenvalue weighted by Crippen LogP contribution is 2.24. The van der Waals surface area contributed by atoms with Crippen molar-refractivity contribution in [3.8, 4) is 0 Å². The van der Waals surface area contributed by atoms with Crippen LogP contribution >= 0.6 is 24.0 Å². The molecule has 19 heavy (non-hydrogen) atoms. The van der Waals surface area contributed by atoms with Crippen LogP contribution < -0.4 is 5.32 Å². The van der Waals surface area contributed by atoms with Crippen LogP contribution in [0.25, 0.3) is 5.57 Å². The van der Waals surface area contributed by atoms with Crippen molar-refractivity contribution in [1.82, 2.24) is 5.32 Å². The first-order valence-corrected chi connectivity index (χ1v) is 6.35. The second-order valence-corrected chi connectivity index (χ2v) is 4.48. The Bertz CT molecular complexity index is 518. The highest BCUT2D eigenvalue weighted by Gasteiger charge is 2.03. The Morgan fingerprint density at radius 3 is 2.16 bits per heavy atom. The van der Waals surface area contributed by atoms with Crippen LogP contribution in [-0.2, 0) is 0 Å². The monoisotopic (exact) mass is 293 g/mol. The molecule has 100 valence electrons. The van der Waals surface area contributed by atoms with Crippen LogP contribution in [0.15, 0.2) is 60.7 Å². The fourth-order valence-electron chi connectivity index (χ4n) is 1.85. The molecule has 1 nitrogen and oxygen atoms in total. The molecule has 0 saturated carbocycles. The van der Waals surface area contributed by atoms with Gasteiger partial charge < -0.3 is 5.32 Å². The molecule has 2 aromatic carbocycles. The van der Waals surface area contributed by atoms with E-state index in [2.05, 4.69) is 47.8 Å². The third kappa shape index (κ3) is 4.39. The highest BCUT2D eigenvalue weighted by molar-refractivity contribution is 6.30. The third-order valence-corrected chi connectivity index (χ3v) is 3.00. The summed E-state index contributed by atoms with van der Waals surface area (Å²) in [5, 5.41) is 3.91. The van der Waals surface area contributed by atoms with Crippen LogP contribution in [0.3, 0.4) is 0 Å². The summed E-state index contributed by atoms with van der Waals surface area (Å²) in [6.07, 6.45) is 2.19. The third-order valence-electron chi connectivity index (χ3n) is 2.75. The summed E-state index contributed by atoms with van der Waals surface area (Å²) in [5.74, 6) is 0. The predicted octanol–water partition coefficient (Wildman–Crippen LogP) is 4.41. The van der Waals surface area contributed by atoms with Gasteiger partial charge in [-0.2, -0.15) is 0 Å². The first-order valence-electron chi connectivity index (χ1n) is 5.97. The summed E-state index contributed by atoms with van der Waals surface area (Å²) < 4.78 is 0. The Hall–Kier alpha value is -1.28. The largest absolute Gasteiger partial charge is 0.316 e. The lowest BCUT2D eigenvalue weighted by atomic mass is 9.97. The lowest BCUT2D eigenvalue weighted by molar-refractivity contribution is 0.920. The molecule has 0 aromatic heterocycles. The van der Waals surface area contributed by atoms with E-state index in [4.69, 9.17) is 11.6 Å². The van der Waals surface area contributed by atoms with Gasteiger partial charge in [0.25, 0.3) is 0 Å². The molecular weight excluding hydrogens is 277 g/mol. The molecular formula is C16H17Cl2N. The molecule has 1 N–H and O–H groups in total. The van der Waals surface area contributed by atoms with Crippen molar-refractivity contribution in [1.29, 1.82) is 0 Å². The topological polar surface area (TPSA) is 12.0 Å². The first-order chi connectivity index (χ1) is 8.81. The van der Waals surface area contributed by atoms with Gasteiger partial charge in [-0.25, -0.2) is 0 Å². The second kappa shape index (κ2) is 8.00. The lowest BCUT2D eigenvalue weighted by Crippen LogP contribution is -2.05. The van der Waals surface area contributed by atoms with E-state index in [1.54, 1.807) is 0 Å². The van der Waals surface area contributed by atoms with Crippen molar-refractivity contribution < 1.29 is 0 Å². The molecule has 3 heteroatoms. The minimum absolute atomic E-state index is 0. The number of hydrogen-bond donors (Lipinski definition) is 1. The summed E-state index contributed by atoms with van der Waals surface area (Å²) >= 11 is 5.93. The van der Waals surface area contributed by atoms with Crippen molar-refractivity contribution in [2.24, 2.45) is 0 Å². The molecule has 2 rings (SSSR count). The summed E-state index contributed by atoms with van der Waals surface area (Å²) in [6.45, 7) is 0.840.